The first kappa shape index (κ1) is 20.8. The van der Waals surface area contributed by atoms with Crippen molar-refractivity contribution in [2.24, 2.45) is 5.92 Å². The molecule has 0 N–H and O–H groups in total. The normalized spacial score (nSPS) is 16.4. The molecular formula is C23H23NO4S. The van der Waals surface area contributed by atoms with Gasteiger partial charge in [0.05, 0.1) is 32.8 Å². The number of nitrogens with zero attached hydrogens (tertiary/aromatic N) is 1. The summed E-state index contributed by atoms with van der Waals surface area (Å²) < 4.78 is 15.9. The van der Waals surface area contributed by atoms with Crippen LogP contribution < -0.4 is 14.2 Å². The number of hydrogen-bond acceptors (Lipinski definition) is 6. The van der Waals surface area contributed by atoms with Gasteiger partial charge in [-0.1, -0.05) is 0 Å². The highest BCUT2D eigenvalue weighted by atomic mass is 32.2. The Bertz CT molecular complexity index is 1010. The van der Waals surface area contributed by atoms with E-state index in [2.05, 4.69) is 6.07 Å². The van der Waals surface area contributed by atoms with Gasteiger partial charge in [-0.05, 0) is 66.6 Å². The Kier molecular flexibility index (Phi) is 6.50. The molecule has 150 valence electrons. The fraction of sp³-hybridized carbons (Fsp3) is 0.304. The average molecular weight is 410 g/mol. The number of benzene rings is 2. The molecule has 0 saturated heterocycles. The molecule has 0 amide bonds. The Labute approximate surface area is 175 Å². The van der Waals surface area contributed by atoms with Gasteiger partial charge in [-0.2, -0.15) is 5.26 Å². The van der Waals surface area contributed by atoms with Crippen LogP contribution in [-0.2, 0) is 6.42 Å². The Morgan fingerprint density at radius 2 is 1.83 bits per heavy atom. The van der Waals surface area contributed by atoms with Gasteiger partial charge in [0.15, 0.2) is 17.3 Å². The van der Waals surface area contributed by atoms with E-state index in [-0.39, 0.29) is 11.7 Å². The van der Waals surface area contributed by atoms with Gasteiger partial charge < -0.3 is 14.2 Å². The minimum Gasteiger partial charge on any atom is -0.497 e. The highest BCUT2D eigenvalue weighted by Gasteiger charge is 2.32. The molecule has 0 fully saturated rings. The van der Waals surface area contributed by atoms with Crippen molar-refractivity contribution >= 4 is 23.1 Å². The number of Topliss-reactive ketones (excluding diaryl/α,β-unsaturated/α-hetero) is 1. The smallest absolute Gasteiger partial charge is 0.171 e. The molecule has 0 aliphatic heterocycles. The Morgan fingerprint density at radius 3 is 2.45 bits per heavy atom. The maximum atomic E-state index is 13.2. The summed E-state index contributed by atoms with van der Waals surface area (Å²) in [4.78, 5) is 14.0. The van der Waals surface area contributed by atoms with Gasteiger partial charge in [-0.3, -0.25) is 4.79 Å². The van der Waals surface area contributed by atoms with Crippen LogP contribution in [-0.4, -0.2) is 33.4 Å². The summed E-state index contributed by atoms with van der Waals surface area (Å²) in [5, 5.41) is 9.93. The number of fused-ring (bicyclic) bond motifs is 1. The van der Waals surface area contributed by atoms with Crippen LogP contribution in [0.4, 0.5) is 0 Å². The van der Waals surface area contributed by atoms with Crippen LogP contribution >= 0.6 is 11.8 Å². The molecule has 0 aromatic heterocycles. The molecule has 2 aromatic rings. The standard InChI is InChI=1S/C23H23NO4S/c1-26-16-7-9-17-14(11-16)5-8-18(22(17)25)23(29-4)19(13-24)15-6-10-20(27-2)21(12-15)28-3/h6-7,9-12,18H,5,8H2,1-4H3/b23-19-. The number of carbonyl (C=O) groups excluding carboxylic acids is 1. The lowest BCUT2D eigenvalue weighted by Crippen LogP contribution is -2.24. The maximum absolute atomic E-state index is 13.2. The zero-order chi connectivity index (χ0) is 21.0. The first-order chi connectivity index (χ1) is 14.1. The molecule has 0 heterocycles. The molecule has 29 heavy (non-hydrogen) atoms. The largest absolute Gasteiger partial charge is 0.497 e. The Balaban J connectivity index is 2.05. The number of ether oxygens (including phenoxy) is 3. The number of allylic oxidation sites excluding steroid dienone is 2. The highest BCUT2D eigenvalue weighted by Crippen LogP contribution is 2.40. The van der Waals surface area contributed by atoms with Gasteiger partial charge in [-0.25, -0.2) is 0 Å². The SMILES string of the molecule is COc1ccc2c(c1)CCC(/C(SC)=C(\C#N)c1ccc(OC)c(OC)c1)C2=O. The number of rotatable bonds is 6. The summed E-state index contributed by atoms with van der Waals surface area (Å²) in [6, 6.07) is 13.2. The second kappa shape index (κ2) is 9.06. The van der Waals surface area contributed by atoms with Crippen LogP contribution in [0.3, 0.4) is 0 Å². The molecular weight excluding hydrogens is 386 g/mol. The van der Waals surface area contributed by atoms with E-state index in [1.165, 1.54) is 11.8 Å². The maximum Gasteiger partial charge on any atom is 0.171 e. The number of carbonyl (C=O) groups is 1. The molecule has 6 heteroatoms. The van der Waals surface area contributed by atoms with Gasteiger partial charge in [0, 0.05) is 10.5 Å². The fourth-order valence-electron chi connectivity index (χ4n) is 3.69. The van der Waals surface area contributed by atoms with Gasteiger partial charge >= 0.3 is 0 Å². The lowest BCUT2D eigenvalue weighted by Gasteiger charge is -2.26. The third kappa shape index (κ3) is 3.96. The number of ketones is 1. The molecule has 0 spiro atoms. The topological polar surface area (TPSA) is 68.6 Å². The van der Waals surface area contributed by atoms with Crippen molar-refractivity contribution in [3.63, 3.8) is 0 Å². The first-order valence-electron chi connectivity index (χ1n) is 9.19. The minimum atomic E-state index is -0.339. The average Bonchev–Trinajstić information content (AvgIpc) is 2.77. The van der Waals surface area contributed by atoms with Crippen LogP contribution in [0.1, 0.15) is 27.9 Å². The molecule has 0 saturated carbocycles. The number of thioether (sulfide) groups is 1. The monoisotopic (exact) mass is 409 g/mol. The summed E-state index contributed by atoms with van der Waals surface area (Å²) in [6.07, 6.45) is 3.33. The van der Waals surface area contributed by atoms with Crippen molar-refractivity contribution in [1.82, 2.24) is 0 Å². The number of hydrogen-bond donors (Lipinski definition) is 0. The summed E-state index contributed by atoms with van der Waals surface area (Å²) in [6.45, 7) is 0. The van der Waals surface area contributed by atoms with E-state index in [0.717, 1.165) is 22.6 Å². The van der Waals surface area contributed by atoms with E-state index in [1.807, 2.05) is 24.5 Å². The van der Waals surface area contributed by atoms with Crippen molar-refractivity contribution in [2.45, 2.75) is 12.8 Å². The van der Waals surface area contributed by atoms with Crippen molar-refractivity contribution in [3.8, 4) is 23.3 Å². The van der Waals surface area contributed by atoms with Crippen molar-refractivity contribution in [1.29, 1.82) is 5.26 Å². The summed E-state index contributed by atoms with van der Waals surface area (Å²) in [5.41, 5.74) is 2.91. The van der Waals surface area contributed by atoms with E-state index < -0.39 is 0 Å². The minimum absolute atomic E-state index is 0.0477. The Hall–Kier alpha value is -2.91. The molecule has 1 atom stereocenters. The lowest BCUT2D eigenvalue weighted by atomic mass is 9.81. The zero-order valence-corrected chi connectivity index (χ0v) is 17.8. The number of nitriles is 1. The molecule has 0 radical (unpaired) electrons. The molecule has 0 bridgehead atoms. The summed E-state index contributed by atoms with van der Waals surface area (Å²) in [7, 11) is 4.74. The number of methoxy groups -OCH3 is 3. The predicted molar refractivity (Wildman–Crippen MR) is 115 cm³/mol. The zero-order valence-electron chi connectivity index (χ0n) is 16.9. The van der Waals surface area contributed by atoms with E-state index in [4.69, 9.17) is 14.2 Å². The second-order valence-corrected chi connectivity index (χ2v) is 7.45. The summed E-state index contributed by atoms with van der Waals surface area (Å²) >= 11 is 1.45. The second-order valence-electron chi connectivity index (χ2n) is 6.60. The molecule has 3 rings (SSSR count). The van der Waals surface area contributed by atoms with Gasteiger partial charge in [-0.15, -0.1) is 11.8 Å². The van der Waals surface area contributed by atoms with Crippen LogP contribution in [0.5, 0.6) is 17.2 Å². The van der Waals surface area contributed by atoms with Gasteiger partial charge in [0.1, 0.15) is 11.8 Å². The third-order valence-corrected chi connectivity index (χ3v) is 6.09. The number of aryl methyl sites for hydroxylation is 1. The van der Waals surface area contributed by atoms with E-state index in [1.54, 1.807) is 39.5 Å². The Morgan fingerprint density at radius 1 is 1.07 bits per heavy atom. The van der Waals surface area contributed by atoms with E-state index in [9.17, 15) is 10.1 Å². The highest BCUT2D eigenvalue weighted by molar-refractivity contribution is 8.02. The van der Waals surface area contributed by atoms with Crippen LogP contribution in [0.2, 0.25) is 0 Å². The van der Waals surface area contributed by atoms with Crippen molar-refractivity contribution in [3.05, 3.63) is 58.0 Å². The van der Waals surface area contributed by atoms with Gasteiger partial charge in [0.2, 0.25) is 0 Å². The van der Waals surface area contributed by atoms with E-state index >= 15 is 0 Å². The molecule has 1 aliphatic carbocycles. The molecule has 1 unspecified atom stereocenters. The molecule has 5 nitrogen and oxygen atoms in total. The van der Waals surface area contributed by atoms with Crippen LogP contribution in [0.25, 0.3) is 5.57 Å². The first-order valence-corrected chi connectivity index (χ1v) is 10.4. The van der Waals surface area contributed by atoms with Crippen molar-refractivity contribution < 1.29 is 19.0 Å². The predicted octanol–water partition coefficient (Wildman–Crippen LogP) is 4.76. The summed E-state index contributed by atoms with van der Waals surface area (Å²) in [5.74, 6) is 1.60. The molecule has 2 aromatic carbocycles. The van der Waals surface area contributed by atoms with Crippen LogP contribution in [0.15, 0.2) is 41.3 Å². The van der Waals surface area contributed by atoms with Crippen molar-refractivity contribution in [2.75, 3.05) is 27.6 Å². The van der Waals surface area contributed by atoms with Gasteiger partial charge in [0.25, 0.3) is 0 Å². The fourth-order valence-corrected chi connectivity index (χ4v) is 4.56. The van der Waals surface area contributed by atoms with Crippen LogP contribution in [0, 0.1) is 17.2 Å². The lowest BCUT2D eigenvalue weighted by molar-refractivity contribution is 0.0929. The quantitative estimate of drug-likeness (QED) is 0.641. The third-order valence-electron chi connectivity index (χ3n) is 5.16. The van der Waals surface area contributed by atoms with E-state index in [0.29, 0.717) is 34.6 Å². The molecule has 1 aliphatic rings.